The minimum atomic E-state index is -0.438. The highest BCUT2D eigenvalue weighted by Crippen LogP contribution is 2.42. The number of rotatable bonds is 3. The summed E-state index contributed by atoms with van der Waals surface area (Å²) in [6.45, 7) is 0.395. The molecular weight excluding hydrogens is 329 g/mol. The number of hydrogen-bond acceptors (Lipinski definition) is 6. The standard InChI is InChI=1S/C17H14FN3O4/c18-11-4-9(16-10(5-11)7-24-8-25-16)6-21-13-3-1-2-12(19)14(13)15(20-23)17(21)22/h1-5,22H,6-8,19H2. The molecular formula is C17H14FN3O4. The van der Waals surface area contributed by atoms with Gasteiger partial charge in [0.05, 0.1) is 24.1 Å². The van der Waals surface area contributed by atoms with E-state index < -0.39 is 5.82 Å². The number of benzene rings is 2. The largest absolute Gasteiger partial charge is 0.493 e. The molecule has 1 aliphatic heterocycles. The van der Waals surface area contributed by atoms with E-state index in [1.165, 1.54) is 16.7 Å². The van der Waals surface area contributed by atoms with Gasteiger partial charge >= 0.3 is 0 Å². The quantitative estimate of drug-likeness (QED) is 0.561. The molecule has 1 aliphatic rings. The van der Waals surface area contributed by atoms with E-state index in [9.17, 15) is 14.4 Å². The third-order valence-corrected chi connectivity index (χ3v) is 4.24. The van der Waals surface area contributed by atoms with Crippen LogP contribution < -0.4 is 10.5 Å². The summed E-state index contributed by atoms with van der Waals surface area (Å²) in [5, 5.41) is 13.7. The number of anilines is 1. The highest BCUT2D eigenvalue weighted by Gasteiger charge is 2.23. The van der Waals surface area contributed by atoms with Gasteiger partial charge in [-0.1, -0.05) is 6.07 Å². The molecule has 0 fully saturated rings. The number of halogens is 1. The van der Waals surface area contributed by atoms with E-state index in [4.69, 9.17) is 15.2 Å². The van der Waals surface area contributed by atoms with E-state index in [1.54, 1.807) is 18.2 Å². The van der Waals surface area contributed by atoms with Crippen molar-refractivity contribution in [1.82, 2.24) is 4.57 Å². The van der Waals surface area contributed by atoms with Crippen LogP contribution in [0.25, 0.3) is 10.9 Å². The van der Waals surface area contributed by atoms with Crippen LogP contribution in [-0.4, -0.2) is 16.5 Å². The Morgan fingerprint density at radius 2 is 2.20 bits per heavy atom. The summed E-state index contributed by atoms with van der Waals surface area (Å²) >= 11 is 0. The van der Waals surface area contributed by atoms with Crippen molar-refractivity contribution in [2.45, 2.75) is 13.2 Å². The number of nitroso groups, excluding NO2 is 1. The molecule has 128 valence electrons. The average Bonchev–Trinajstić information content (AvgIpc) is 2.88. The zero-order valence-corrected chi connectivity index (χ0v) is 13.0. The maximum Gasteiger partial charge on any atom is 0.222 e. The van der Waals surface area contributed by atoms with Gasteiger partial charge in [-0.05, 0) is 29.4 Å². The number of nitrogen functional groups attached to an aromatic ring is 1. The van der Waals surface area contributed by atoms with Crippen LogP contribution in [0.15, 0.2) is 35.5 Å². The number of aromatic hydroxyl groups is 1. The molecule has 0 bridgehead atoms. The number of hydrogen-bond donors (Lipinski definition) is 2. The van der Waals surface area contributed by atoms with E-state index in [1.807, 2.05) is 0 Å². The lowest BCUT2D eigenvalue weighted by atomic mass is 10.1. The number of aromatic nitrogens is 1. The summed E-state index contributed by atoms with van der Waals surface area (Å²) in [6.07, 6.45) is 0. The summed E-state index contributed by atoms with van der Waals surface area (Å²) in [5.74, 6) is -0.251. The van der Waals surface area contributed by atoms with Gasteiger partial charge in [-0.2, -0.15) is 0 Å². The maximum atomic E-state index is 13.9. The molecule has 0 spiro atoms. The van der Waals surface area contributed by atoms with Crippen LogP contribution in [0.4, 0.5) is 15.8 Å². The fourth-order valence-electron chi connectivity index (χ4n) is 3.19. The van der Waals surface area contributed by atoms with Crippen LogP contribution in [0.2, 0.25) is 0 Å². The monoisotopic (exact) mass is 343 g/mol. The molecule has 25 heavy (non-hydrogen) atoms. The number of nitrogens with two attached hydrogens (primary N) is 1. The molecule has 0 amide bonds. The van der Waals surface area contributed by atoms with Gasteiger partial charge < -0.3 is 24.9 Å². The molecule has 0 radical (unpaired) electrons. The summed E-state index contributed by atoms with van der Waals surface area (Å²) in [4.78, 5) is 11.2. The van der Waals surface area contributed by atoms with Gasteiger partial charge in [-0.25, -0.2) is 4.39 Å². The predicted molar refractivity (Wildman–Crippen MR) is 89.3 cm³/mol. The van der Waals surface area contributed by atoms with Gasteiger partial charge in [-0.15, -0.1) is 4.91 Å². The van der Waals surface area contributed by atoms with Gasteiger partial charge in [0, 0.05) is 16.8 Å². The first kappa shape index (κ1) is 15.4. The van der Waals surface area contributed by atoms with Crippen LogP contribution >= 0.6 is 0 Å². The minimum Gasteiger partial charge on any atom is -0.493 e. The first-order valence-electron chi connectivity index (χ1n) is 7.55. The molecule has 0 aliphatic carbocycles. The molecule has 0 saturated heterocycles. The molecule has 4 rings (SSSR count). The Morgan fingerprint density at radius 3 is 3.00 bits per heavy atom. The zero-order valence-electron chi connectivity index (χ0n) is 13.0. The van der Waals surface area contributed by atoms with Crippen molar-refractivity contribution in [3.63, 3.8) is 0 Å². The van der Waals surface area contributed by atoms with Crippen LogP contribution in [0.5, 0.6) is 11.6 Å². The van der Waals surface area contributed by atoms with Crippen LogP contribution in [0.1, 0.15) is 11.1 Å². The third kappa shape index (κ3) is 2.38. The SMILES string of the molecule is Nc1cccc2c1c(N=O)c(O)n2Cc1cc(F)cc2c1OCOC2. The van der Waals surface area contributed by atoms with Gasteiger partial charge in [0.1, 0.15) is 11.6 Å². The van der Waals surface area contributed by atoms with Crippen LogP contribution in [0.3, 0.4) is 0 Å². The molecule has 7 nitrogen and oxygen atoms in total. The predicted octanol–water partition coefficient (Wildman–Crippen LogP) is 3.38. The van der Waals surface area contributed by atoms with Crippen molar-refractivity contribution in [2.75, 3.05) is 12.5 Å². The van der Waals surface area contributed by atoms with Crippen molar-refractivity contribution in [2.24, 2.45) is 5.18 Å². The Morgan fingerprint density at radius 1 is 1.36 bits per heavy atom. The highest BCUT2D eigenvalue weighted by atomic mass is 19.1. The molecule has 2 heterocycles. The highest BCUT2D eigenvalue weighted by molar-refractivity contribution is 6.03. The van der Waals surface area contributed by atoms with Crippen molar-refractivity contribution in [3.8, 4) is 11.6 Å². The smallest absolute Gasteiger partial charge is 0.222 e. The molecule has 0 unspecified atom stereocenters. The minimum absolute atomic E-state index is 0.0676. The Bertz CT molecular complexity index is 999. The second-order valence-electron chi connectivity index (χ2n) is 5.75. The Kier molecular flexibility index (Phi) is 3.54. The maximum absolute atomic E-state index is 13.9. The van der Waals surface area contributed by atoms with E-state index in [0.717, 1.165) is 0 Å². The summed E-state index contributed by atoms with van der Waals surface area (Å²) in [6, 6.07) is 7.70. The second-order valence-corrected chi connectivity index (χ2v) is 5.75. The molecule has 3 aromatic rings. The van der Waals surface area contributed by atoms with Crippen molar-refractivity contribution in [1.29, 1.82) is 0 Å². The van der Waals surface area contributed by atoms with Gasteiger partial charge in [0.2, 0.25) is 5.88 Å². The normalized spacial score (nSPS) is 13.5. The van der Waals surface area contributed by atoms with Gasteiger partial charge in [0.25, 0.3) is 0 Å². The Balaban J connectivity index is 1.90. The van der Waals surface area contributed by atoms with Crippen LogP contribution in [0, 0.1) is 10.7 Å². The molecule has 0 saturated carbocycles. The molecule has 1 aromatic heterocycles. The fourth-order valence-corrected chi connectivity index (χ4v) is 3.19. The molecule has 0 atom stereocenters. The fraction of sp³-hybridized carbons (Fsp3) is 0.176. The van der Waals surface area contributed by atoms with Gasteiger partial charge in [0.15, 0.2) is 12.5 Å². The number of fused-ring (bicyclic) bond motifs is 2. The lowest BCUT2D eigenvalue weighted by Crippen LogP contribution is -2.14. The molecule has 8 heteroatoms. The summed E-state index contributed by atoms with van der Waals surface area (Å²) in [7, 11) is 0. The van der Waals surface area contributed by atoms with E-state index in [-0.39, 0.29) is 31.5 Å². The van der Waals surface area contributed by atoms with Gasteiger partial charge in [-0.3, -0.25) is 0 Å². The van der Waals surface area contributed by atoms with Crippen molar-refractivity contribution >= 4 is 22.3 Å². The number of ether oxygens (including phenoxy) is 2. The zero-order chi connectivity index (χ0) is 17.6. The second kappa shape index (κ2) is 5.75. The molecule has 3 N–H and O–H groups in total. The average molecular weight is 343 g/mol. The van der Waals surface area contributed by atoms with E-state index in [2.05, 4.69) is 5.18 Å². The van der Waals surface area contributed by atoms with Crippen molar-refractivity contribution < 1.29 is 19.0 Å². The lowest BCUT2D eigenvalue weighted by Gasteiger charge is -2.21. The third-order valence-electron chi connectivity index (χ3n) is 4.24. The summed E-state index contributed by atoms with van der Waals surface area (Å²) < 4.78 is 26.1. The summed E-state index contributed by atoms with van der Waals surface area (Å²) in [5.41, 5.74) is 7.74. The van der Waals surface area contributed by atoms with Crippen LogP contribution in [-0.2, 0) is 17.9 Å². The first-order valence-corrected chi connectivity index (χ1v) is 7.55. The Hall–Kier alpha value is -3.13. The molecule has 2 aromatic carbocycles. The lowest BCUT2D eigenvalue weighted by molar-refractivity contribution is -0.0173. The first-order chi connectivity index (χ1) is 12.1. The topological polar surface area (TPSA) is 99.1 Å². The van der Waals surface area contributed by atoms with Crippen molar-refractivity contribution in [3.05, 3.63) is 52.2 Å². The number of nitrogens with zero attached hydrogens (tertiary/aromatic N) is 2. The van der Waals surface area contributed by atoms with E-state index >= 15 is 0 Å². The van der Waals surface area contributed by atoms with E-state index in [0.29, 0.717) is 33.5 Å². The Labute approximate surface area is 141 Å².